The predicted molar refractivity (Wildman–Crippen MR) is 45.2 cm³/mol. The molecule has 0 aliphatic rings. The van der Waals surface area contributed by atoms with Gasteiger partial charge < -0.3 is 38.3 Å². The second-order valence-electron chi connectivity index (χ2n) is 0.448. The van der Waals surface area contributed by atoms with Crippen LogP contribution in [0, 0.1) is 0 Å². The molecule has 0 aromatic heterocycles. The van der Waals surface area contributed by atoms with E-state index >= 15 is 0 Å². The van der Waals surface area contributed by atoms with Gasteiger partial charge >= 0.3 is 10.4 Å². The number of rotatable bonds is 0. The molecular formula is H16MgO11S. The van der Waals surface area contributed by atoms with Crippen LogP contribution in [0.1, 0.15) is 0 Å². The van der Waals surface area contributed by atoms with Crippen LogP contribution >= 0.6 is 0 Å². The molecule has 0 fully saturated rings. The van der Waals surface area contributed by atoms with Crippen molar-refractivity contribution >= 4 is 33.5 Å². The minimum atomic E-state index is -4.67. The van der Waals surface area contributed by atoms with Crippen LogP contribution in [0.2, 0.25) is 0 Å². The second kappa shape index (κ2) is 39.4. The van der Waals surface area contributed by atoms with E-state index in [1.165, 1.54) is 0 Å². The van der Waals surface area contributed by atoms with Crippen LogP contribution < -0.4 is 0 Å². The van der Waals surface area contributed by atoms with Gasteiger partial charge in [0.25, 0.3) is 0 Å². The van der Waals surface area contributed by atoms with Gasteiger partial charge in [0.15, 0.2) is 0 Å². The van der Waals surface area contributed by atoms with E-state index in [-0.39, 0.29) is 61.4 Å². The molecule has 0 aliphatic heterocycles. The lowest BCUT2D eigenvalue weighted by Crippen LogP contribution is -1.89. The van der Waals surface area contributed by atoms with E-state index in [1.807, 2.05) is 0 Å². The molecule has 0 aliphatic carbocycles. The molecule has 13 heteroatoms. The van der Waals surface area contributed by atoms with Crippen LogP contribution in [0.4, 0.5) is 0 Å². The molecule has 90 valence electrons. The van der Waals surface area contributed by atoms with Crippen LogP contribution in [0.3, 0.4) is 0 Å². The molecule has 0 atom stereocenters. The normalized spacial score (nSPS) is 4.46. The molecule has 2 radical (unpaired) electrons. The molecule has 0 bridgehead atoms. The lowest BCUT2D eigenvalue weighted by atomic mass is 15.8. The highest BCUT2D eigenvalue weighted by atomic mass is 32.3. The van der Waals surface area contributed by atoms with Crippen molar-refractivity contribution in [2.24, 2.45) is 0 Å². The molecular weight excluding hydrogens is 232 g/mol. The van der Waals surface area contributed by atoms with Gasteiger partial charge in [-0.1, -0.05) is 0 Å². The van der Waals surface area contributed by atoms with Gasteiger partial charge in [0, 0.05) is 23.1 Å². The monoisotopic (exact) mass is 248 g/mol. The third kappa shape index (κ3) is 10400. The van der Waals surface area contributed by atoms with Gasteiger partial charge in [-0.3, -0.25) is 9.11 Å². The van der Waals surface area contributed by atoms with Crippen molar-refractivity contribution < 1.29 is 55.9 Å². The minimum Gasteiger partial charge on any atom is -0.412 e. The summed E-state index contributed by atoms with van der Waals surface area (Å²) in [5.41, 5.74) is 0. The van der Waals surface area contributed by atoms with Gasteiger partial charge in [0.1, 0.15) is 0 Å². The van der Waals surface area contributed by atoms with Gasteiger partial charge in [-0.2, -0.15) is 8.42 Å². The molecule has 0 saturated heterocycles. The average Bonchev–Trinajstić information content (AvgIpc) is 0.722. The first kappa shape index (κ1) is 107. The molecule has 13 heavy (non-hydrogen) atoms. The van der Waals surface area contributed by atoms with E-state index in [0.29, 0.717) is 0 Å². The molecule has 0 aromatic carbocycles. The van der Waals surface area contributed by atoms with Gasteiger partial charge in [-0.25, -0.2) is 0 Å². The van der Waals surface area contributed by atoms with Gasteiger partial charge in [-0.05, 0) is 0 Å². The molecule has 0 amide bonds. The summed E-state index contributed by atoms with van der Waals surface area (Å²) < 4.78 is 31.6. The van der Waals surface area contributed by atoms with Crippen LogP contribution in [0.15, 0.2) is 0 Å². The smallest absolute Gasteiger partial charge is 0.394 e. The quantitative estimate of drug-likeness (QED) is 0.311. The molecule has 0 spiro atoms. The van der Waals surface area contributed by atoms with Gasteiger partial charge in [0.2, 0.25) is 0 Å². The lowest BCUT2D eigenvalue weighted by molar-refractivity contribution is 0.381. The van der Waals surface area contributed by atoms with Crippen LogP contribution in [-0.4, -0.2) is 78.9 Å². The zero-order valence-electron chi connectivity index (χ0n) is 6.33. The first-order chi connectivity index (χ1) is 2.00. The fourth-order valence-corrected chi connectivity index (χ4v) is 0. The Bertz CT molecular complexity index is 93.3. The average molecular weight is 248 g/mol. The Labute approximate surface area is 89.6 Å². The Morgan fingerprint density at radius 1 is 0.615 bits per heavy atom. The van der Waals surface area contributed by atoms with Crippen LogP contribution in [0.5, 0.6) is 0 Å². The fourth-order valence-electron chi connectivity index (χ4n) is 0. The fraction of sp³-hybridized carbons (Fsp3) is 0. The highest BCUT2D eigenvalue weighted by Crippen LogP contribution is 1.59. The van der Waals surface area contributed by atoms with E-state index < -0.39 is 10.4 Å². The Balaban J connectivity index is -0.00000000286. The van der Waals surface area contributed by atoms with Gasteiger partial charge in [-0.15, -0.1) is 0 Å². The topological polar surface area (TPSA) is 295 Å². The van der Waals surface area contributed by atoms with E-state index in [1.54, 1.807) is 0 Å². The molecule has 0 unspecified atom stereocenters. The second-order valence-corrected chi connectivity index (χ2v) is 1.34. The lowest BCUT2D eigenvalue weighted by Gasteiger charge is -1.68. The van der Waals surface area contributed by atoms with Crippen molar-refractivity contribution in [1.29, 1.82) is 0 Å². The molecule has 11 nitrogen and oxygen atoms in total. The maximum Gasteiger partial charge on any atom is 0.394 e. The van der Waals surface area contributed by atoms with Crippen molar-refractivity contribution in [2.45, 2.75) is 0 Å². The van der Waals surface area contributed by atoms with Gasteiger partial charge in [0.05, 0.1) is 0 Å². The Morgan fingerprint density at radius 2 is 0.615 bits per heavy atom. The minimum absolute atomic E-state index is 0. The standard InChI is InChI=1S/Mg.H2O4S.7H2O/c;1-5(2,3)4;;;;;;;/h;(H2,1,2,3,4);7*1H2. The highest BCUT2D eigenvalue weighted by molar-refractivity contribution is 7.79. The summed E-state index contributed by atoms with van der Waals surface area (Å²) in [5.74, 6) is 0. The summed E-state index contributed by atoms with van der Waals surface area (Å²) in [7, 11) is -4.67. The summed E-state index contributed by atoms with van der Waals surface area (Å²) in [6.07, 6.45) is 0. The van der Waals surface area contributed by atoms with Crippen molar-refractivity contribution in [2.75, 3.05) is 0 Å². The molecule has 0 saturated carbocycles. The molecule has 0 aromatic rings. The van der Waals surface area contributed by atoms with E-state index in [2.05, 4.69) is 0 Å². The van der Waals surface area contributed by atoms with Crippen LogP contribution in [-0.2, 0) is 10.4 Å². The predicted octanol–water partition coefficient (Wildman–Crippen LogP) is -6.81. The SMILES string of the molecule is O.O.O.O.O.O.O.O=S(=O)(O)O.[Mg]. The first-order valence-electron chi connectivity index (χ1n) is 0.698. The van der Waals surface area contributed by atoms with Crippen molar-refractivity contribution in [3.05, 3.63) is 0 Å². The molecule has 0 rings (SSSR count). The first-order valence-corrected chi connectivity index (χ1v) is 2.10. The van der Waals surface area contributed by atoms with Crippen molar-refractivity contribution in [1.82, 2.24) is 0 Å². The Kier molecular flexibility index (Phi) is 326. The number of hydrogen-bond donors (Lipinski definition) is 2. The zero-order valence-corrected chi connectivity index (χ0v) is 8.56. The third-order valence-electron chi connectivity index (χ3n) is 0. The Morgan fingerprint density at radius 3 is 0.615 bits per heavy atom. The Hall–Kier alpha value is 0.356. The van der Waals surface area contributed by atoms with Crippen LogP contribution in [0.25, 0.3) is 0 Å². The van der Waals surface area contributed by atoms with E-state index in [0.717, 1.165) is 0 Å². The molecule has 0 heterocycles. The zero-order chi connectivity index (χ0) is 4.50. The summed E-state index contributed by atoms with van der Waals surface area (Å²) in [6.45, 7) is 0. The summed E-state index contributed by atoms with van der Waals surface area (Å²) in [6, 6.07) is 0. The largest absolute Gasteiger partial charge is 0.412 e. The summed E-state index contributed by atoms with van der Waals surface area (Å²) in [5, 5.41) is 0. The van der Waals surface area contributed by atoms with E-state index in [9.17, 15) is 0 Å². The maximum absolute atomic E-state index is 8.74. The summed E-state index contributed by atoms with van der Waals surface area (Å²) in [4.78, 5) is 0. The maximum atomic E-state index is 8.74. The third-order valence-corrected chi connectivity index (χ3v) is 0. The van der Waals surface area contributed by atoms with Crippen molar-refractivity contribution in [3.63, 3.8) is 0 Å². The van der Waals surface area contributed by atoms with Crippen molar-refractivity contribution in [3.8, 4) is 0 Å². The van der Waals surface area contributed by atoms with E-state index in [4.69, 9.17) is 17.5 Å². The molecule has 16 N–H and O–H groups in total. The number of hydrogen-bond acceptors (Lipinski definition) is 2. The summed E-state index contributed by atoms with van der Waals surface area (Å²) >= 11 is 0. The highest BCUT2D eigenvalue weighted by Gasteiger charge is 1.84.